The van der Waals surface area contributed by atoms with Crippen LogP contribution in [0.1, 0.15) is 72.6 Å². The molecule has 0 spiro atoms. The van der Waals surface area contributed by atoms with E-state index < -0.39 is 0 Å². The maximum atomic E-state index is 5.83. The van der Waals surface area contributed by atoms with Gasteiger partial charge in [-0.15, -0.1) is 0 Å². The van der Waals surface area contributed by atoms with Crippen LogP contribution in [0.2, 0.25) is 0 Å². The van der Waals surface area contributed by atoms with Gasteiger partial charge < -0.3 is 10.6 Å². The summed E-state index contributed by atoms with van der Waals surface area (Å²) in [5, 5.41) is 0. The highest BCUT2D eigenvalue weighted by atomic mass is 15.2. The number of hydrogen-bond donors (Lipinski definition) is 1. The van der Waals surface area contributed by atoms with Crippen molar-refractivity contribution in [2.24, 2.45) is 17.1 Å². The van der Waals surface area contributed by atoms with Crippen molar-refractivity contribution in [1.29, 1.82) is 0 Å². The van der Waals surface area contributed by atoms with Gasteiger partial charge >= 0.3 is 0 Å². The molecule has 0 atom stereocenters. The SMILES string of the molecule is CC(C)CCN(CCCC(C)(C)CN)C1CCCC1. The van der Waals surface area contributed by atoms with Gasteiger partial charge in [0.2, 0.25) is 0 Å². The van der Waals surface area contributed by atoms with E-state index in [2.05, 4.69) is 32.6 Å². The monoisotopic (exact) mass is 268 g/mol. The van der Waals surface area contributed by atoms with Crippen LogP contribution >= 0.6 is 0 Å². The first kappa shape index (κ1) is 17.0. The Morgan fingerprint density at radius 1 is 1.16 bits per heavy atom. The molecule has 0 amide bonds. The van der Waals surface area contributed by atoms with E-state index in [0.29, 0.717) is 5.41 Å². The van der Waals surface area contributed by atoms with Gasteiger partial charge in [0.1, 0.15) is 0 Å². The Labute approximate surface area is 121 Å². The van der Waals surface area contributed by atoms with Crippen LogP contribution in [0.5, 0.6) is 0 Å². The standard InChI is InChI=1S/C17H36N2/c1-15(2)10-13-19(16-8-5-6-9-16)12-7-11-17(3,4)14-18/h15-16H,5-14,18H2,1-4H3. The van der Waals surface area contributed by atoms with Crippen LogP contribution in [0.4, 0.5) is 0 Å². The third kappa shape index (κ3) is 6.76. The summed E-state index contributed by atoms with van der Waals surface area (Å²) in [5.41, 5.74) is 6.15. The minimum absolute atomic E-state index is 0.319. The molecule has 0 bridgehead atoms. The first-order valence-electron chi connectivity index (χ1n) is 8.39. The van der Waals surface area contributed by atoms with Crippen LogP contribution in [-0.2, 0) is 0 Å². The quantitative estimate of drug-likeness (QED) is 0.684. The lowest BCUT2D eigenvalue weighted by Crippen LogP contribution is -2.36. The zero-order valence-electron chi connectivity index (χ0n) is 13.8. The first-order chi connectivity index (χ1) is 8.94. The van der Waals surface area contributed by atoms with E-state index in [1.165, 1.54) is 58.0 Å². The zero-order chi connectivity index (χ0) is 14.3. The van der Waals surface area contributed by atoms with Gasteiger partial charge in [0.05, 0.1) is 0 Å². The number of hydrogen-bond acceptors (Lipinski definition) is 2. The molecule has 2 nitrogen and oxygen atoms in total. The second-order valence-electron chi connectivity index (χ2n) is 7.63. The molecule has 0 radical (unpaired) electrons. The van der Waals surface area contributed by atoms with E-state index in [4.69, 9.17) is 5.73 Å². The summed E-state index contributed by atoms with van der Waals surface area (Å²) >= 11 is 0. The fourth-order valence-corrected chi connectivity index (χ4v) is 3.03. The summed E-state index contributed by atoms with van der Waals surface area (Å²) in [6, 6.07) is 0.875. The molecule has 1 saturated carbocycles. The largest absolute Gasteiger partial charge is 0.330 e. The topological polar surface area (TPSA) is 29.3 Å². The van der Waals surface area contributed by atoms with Crippen molar-refractivity contribution in [2.75, 3.05) is 19.6 Å². The average Bonchev–Trinajstić information content (AvgIpc) is 2.86. The van der Waals surface area contributed by atoms with Crippen LogP contribution in [0.25, 0.3) is 0 Å². The van der Waals surface area contributed by atoms with Crippen molar-refractivity contribution in [3.05, 3.63) is 0 Å². The van der Waals surface area contributed by atoms with E-state index in [0.717, 1.165) is 18.5 Å². The second kappa shape index (κ2) is 8.26. The van der Waals surface area contributed by atoms with Crippen molar-refractivity contribution < 1.29 is 0 Å². The lowest BCUT2D eigenvalue weighted by atomic mass is 9.88. The van der Waals surface area contributed by atoms with Gasteiger partial charge in [0.15, 0.2) is 0 Å². The van der Waals surface area contributed by atoms with E-state index in [1.54, 1.807) is 0 Å². The van der Waals surface area contributed by atoms with Crippen molar-refractivity contribution in [1.82, 2.24) is 4.90 Å². The molecular weight excluding hydrogens is 232 g/mol. The average molecular weight is 268 g/mol. The third-order valence-electron chi connectivity index (χ3n) is 4.69. The molecule has 114 valence electrons. The molecule has 0 saturated heterocycles. The molecule has 0 aromatic rings. The Kier molecular flexibility index (Phi) is 7.38. The molecule has 19 heavy (non-hydrogen) atoms. The first-order valence-corrected chi connectivity index (χ1v) is 8.39. The Balaban J connectivity index is 2.35. The smallest absolute Gasteiger partial charge is 0.00952 e. The highest BCUT2D eigenvalue weighted by Gasteiger charge is 2.23. The van der Waals surface area contributed by atoms with E-state index >= 15 is 0 Å². The molecule has 1 rings (SSSR count). The highest BCUT2D eigenvalue weighted by molar-refractivity contribution is 4.79. The Morgan fingerprint density at radius 2 is 1.79 bits per heavy atom. The highest BCUT2D eigenvalue weighted by Crippen LogP contribution is 2.26. The molecule has 2 N–H and O–H groups in total. The van der Waals surface area contributed by atoms with Gasteiger partial charge in [-0.1, -0.05) is 40.5 Å². The molecule has 1 aliphatic carbocycles. The molecule has 0 unspecified atom stereocenters. The fourth-order valence-electron chi connectivity index (χ4n) is 3.03. The minimum atomic E-state index is 0.319. The molecule has 2 heteroatoms. The summed E-state index contributed by atoms with van der Waals surface area (Å²) in [4.78, 5) is 2.78. The molecule has 0 aromatic heterocycles. The summed E-state index contributed by atoms with van der Waals surface area (Å²) in [5.74, 6) is 0.824. The predicted molar refractivity (Wildman–Crippen MR) is 85.4 cm³/mol. The van der Waals surface area contributed by atoms with Crippen molar-refractivity contribution >= 4 is 0 Å². The zero-order valence-corrected chi connectivity index (χ0v) is 13.8. The van der Waals surface area contributed by atoms with Crippen LogP contribution in [0, 0.1) is 11.3 Å². The lowest BCUT2D eigenvalue weighted by Gasteiger charge is -2.31. The summed E-state index contributed by atoms with van der Waals surface area (Å²) < 4.78 is 0. The molecule has 1 aliphatic rings. The van der Waals surface area contributed by atoms with Gasteiger partial charge in [-0.2, -0.15) is 0 Å². The Bertz CT molecular complexity index is 229. The molecule has 1 fully saturated rings. The fraction of sp³-hybridized carbons (Fsp3) is 1.00. The summed E-state index contributed by atoms with van der Waals surface area (Å²) in [6.07, 6.45) is 9.65. The Morgan fingerprint density at radius 3 is 2.32 bits per heavy atom. The maximum absolute atomic E-state index is 5.83. The lowest BCUT2D eigenvalue weighted by molar-refractivity contribution is 0.175. The van der Waals surface area contributed by atoms with Gasteiger partial charge in [-0.3, -0.25) is 0 Å². The Hall–Kier alpha value is -0.0800. The van der Waals surface area contributed by atoms with E-state index in [9.17, 15) is 0 Å². The second-order valence-corrected chi connectivity index (χ2v) is 7.63. The third-order valence-corrected chi connectivity index (χ3v) is 4.69. The number of rotatable bonds is 9. The minimum Gasteiger partial charge on any atom is -0.330 e. The van der Waals surface area contributed by atoms with Crippen molar-refractivity contribution in [2.45, 2.75) is 78.7 Å². The predicted octanol–water partition coefficient (Wildman–Crippen LogP) is 4.04. The summed E-state index contributed by atoms with van der Waals surface area (Å²) in [6.45, 7) is 12.6. The number of nitrogens with two attached hydrogens (primary N) is 1. The molecule has 0 aromatic carbocycles. The van der Waals surface area contributed by atoms with Crippen LogP contribution in [0.3, 0.4) is 0 Å². The number of nitrogens with zero attached hydrogens (tertiary/aromatic N) is 1. The maximum Gasteiger partial charge on any atom is 0.00952 e. The molecule has 0 heterocycles. The van der Waals surface area contributed by atoms with Crippen LogP contribution < -0.4 is 5.73 Å². The van der Waals surface area contributed by atoms with Gasteiger partial charge in [0, 0.05) is 6.04 Å². The van der Waals surface area contributed by atoms with E-state index in [-0.39, 0.29) is 0 Å². The van der Waals surface area contributed by atoms with E-state index in [1.807, 2.05) is 0 Å². The van der Waals surface area contributed by atoms with Crippen LogP contribution in [0.15, 0.2) is 0 Å². The van der Waals surface area contributed by atoms with Gasteiger partial charge in [-0.05, 0) is 63.1 Å². The molecule has 0 aliphatic heterocycles. The molecular formula is C17H36N2. The van der Waals surface area contributed by atoms with Crippen molar-refractivity contribution in [3.8, 4) is 0 Å². The summed E-state index contributed by atoms with van der Waals surface area (Å²) in [7, 11) is 0. The van der Waals surface area contributed by atoms with Gasteiger partial charge in [0.25, 0.3) is 0 Å². The van der Waals surface area contributed by atoms with Crippen molar-refractivity contribution in [3.63, 3.8) is 0 Å². The normalized spacial score (nSPS) is 17.8. The van der Waals surface area contributed by atoms with Crippen LogP contribution in [-0.4, -0.2) is 30.6 Å². The van der Waals surface area contributed by atoms with Gasteiger partial charge in [-0.25, -0.2) is 0 Å².